The lowest BCUT2D eigenvalue weighted by molar-refractivity contribution is -0.152. The van der Waals surface area contributed by atoms with Crippen molar-refractivity contribution in [3.05, 3.63) is 42.4 Å². The molecule has 10 heteroatoms. The molecule has 7 rings (SSSR count). The second-order valence-corrected chi connectivity index (χ2v) is 14.0. The SMILES string of the molecule is CN(C(=O)c1ccc(OCC2CCN(S(=O)(=O)c3cn(C)cn3)CC2)cc1)C1C2CC3CC1CC(O)(C3)C2. The highest BCUT2D eigenvalue weighted by Crippen LogP contribution is 2.56. The number of hydrogen-bond donors (Lipinski definition) is 1. The number of ether oxygens (including phenoxy) is 1. The zero-order valence-electron chi connectivity index (χ0n) is 22.2. The van der Waals surface area contributed by atoms with Crippen LogP contribution in [0.25, 0.3) is 0 Å². The number of piperidine rings is 1. The molecular weight excluding hydrogens is 504 g/mol. The first-order chi connectivity index (χ1) is 18.1. The molecule has 2 atom stereocenters. The van der Waals surface area contributed by atoms with E-state index in [0.29, 0.717) is 48.8 Å². The van der Waals surface area contributed by atoms with Crippen LogP contribution < -0.4 is 4.74 Å². The molecule has 1 N–H and O–H groups in total. The van der Waals surface area contributed by atoms with Gasteiger partial charge in [-0.3, -0.25) is 4.79 Å². The number of amides is 1. The lowest BCUT2D eigenvalue weighted by Gasteiger charge is -2.59. The molecule has 206 valence electrons. The van der Waals surface area contributed by atoms with Gasteiger partial charge in [-0.25, -0.2) is 13.4 Å². The molecule has 2 heterocycles. The average molecular weight is 543 g/mol. The fourth-order valence-corrected chi connectivity index (χ4v) is 9.24. The Morgan fingerprint density at radius 2 is 1.79 bits per heavy atom. The highest BCUT2D eigenvalue weighted by Gasteiger charge is 2.56. The van der Waals surface area contributed by atoms with E-state index in [4.69, 9.17) is 4.74 Å². The quantitative estimate of drug-likeness (QED) is 0.577. The molecule has 0 radical (unpaired) electrons. The van der Waals surface area contributed by atoms with E-state index >= 15 is 0 Å². The van der Waals surface area contributed by atoms with Gasteiger partial charge < -0.3 is 19.3 Å². The summed E-state index contributed by atoms with van der Waals surface area (Å²) in [6.07, 6.45) is 9.33. The van der Waals surface area contributed by atoms with E-state index in [0.717, 1.165) is 44.9 Å². The molecule has 1 aromatic carbocycles. The van der Waals surface area contributed by atoms with E-state index in [1.807, 2.05) is 36.2 Å². The molecule has 0 spiro atoms. The molecule has 5 aliphatic rings. The van der Waals surface area contributed by atoms with Crippen molar-refractivity contribution in [1.82, 2.24) is 18.8 Å². The van der Waals surface area contributed by atoms with Crippen LogP contribution in [-0.2, 0) is 17.1 Å². The molecule has 1 aromatic heterocycles. The third-order valence-electron chi connectivity index (χ3n) is 9.40. The van der Waals surface area contributed by atoms with Crippen molar-refractivity contribution in [2.75, 3.05) is 26.7 Å². The van der Waals surface area contributed by atoms with Crippen molar-refractivity contribution in [3.63, 3.8) is 0 Å². The molecule has 4 saturated carbocycles. The summed E-state index contributed by atoms with van der Waals surface area (Å²) in [6, 6.07) is 7.57. The van der Waals surface area contributed by atoms with Crippen LogP contribution in [0.15, 0.2) is 41.8 Å². The molecule has 4 bridgehead atoms. The van der Waals surface area contributed by atoms with E-state index in [1.165, 1.54) is 16.8 Å². The van der Waals surface area contributed by atoms with Gasteiger partial charge in [0, 0.05) is 45.0 Å². The normalized spacial score (nSPS) is 31.4. The predicted octanol–water partition coefficient (Wildman–Crippen LogP) is 2.91. The zero-order chi connectivity index (χ0) is 26.7. The third-order valence-corrected chi connectivity index (χ3v) is 11.2. The molecule has 5 fully saturated rings. The highest BCUT2D eigenvalue weighted by molar-refractivity contribution is 7.89. The van der Waals surface area contributed by atoms with Gasteiger partial charge in [0.05, 0.1) is 18.5 Å². The number of benzene rings is 1. The van der Waals surface area contributed by atoms with Crippen LogP contribution >= 0.6 is 0 Å². The smallest absolute Gasteiger partial charge is 0.262 e. The Hall–Kier alpha value is -2.43. The van der Waals surface area contributed by atoms with Gasteiger partial charge in [-0.15, -0.1) is 0 Å². The van der Waals surface area contributed by atoms with E-state index in [9.17, 15) is 18.3 Å². The molecule has 2 unspecified atom stereocenters. The van der Waals surface area contributed by atoms with E-state index in [1.54, 1.807) is 11.6 Å². The van der Waals surface area contributed by atoms with Crippen LogP contribution in [0, 0.1) is 23.7 Å². The maximum Gasteiger partial charge on any atom is 0.262 e. The Morgan fingerprint density at radius 1 is 1.13 bits per heavy atom. The van der Waals surface area contributed by atoms with Gasteiger partial charge in [-0.2, -0.15) is 4.31 Å². The molecule has 1 aliphatic heterocycles. The maximum atomic E-state index is 13.3. The summed E-state index contributed by atoms with van der Waals surface area (Å²) in [5, 5.41) is 11.0. The standard InChI is InChI=1S/C28H38N4O5S/c1-30-16-25(29-18-30)38(35,36)32-9-7-19(8-10-32)17-37-24-5-3-21(4-6-24)27(33)31(2)26-22-11-20-12-23(26)15-28(34,13-20)14-22/h3-6,16,18-20,22-23,26,34H,7-15,17H2,1-2H3. The summed E-state index contributed by atoms with van der Waals surface area (Å²) in [5.74, 6) is 2.42. The Kier molecular flexibility index (Phi) is 6.55. The topological polar surface area (TPSA) is 105 Å². The zero-order valence-corrected chi connectivity index (χ0v) is 23.0. The molecule has 1 saturated heterocycles. The van der Waals surface area contributed by atoms with Crippen LogP contribution in [-0.4, -0.2) is 76.6 Å². The van der Waals surface area contributed by atoms with Gasteiger partial charge in [0.2, 0.25) is 0 Å². The average Bonchev–Trinajstić information content (AvgIpc) is 3.33. The van der Waals surface area contributed by atoms with Gasteiger partial charge in [0.25, 0.3) is 15.9 Å². The van der Waals surface area contributed by atoms with Crippen molar-refractivity contribution >= 4 is 15.9 Å². The lowest BCUT2D eigenvalue weighted by atomic mass is 9.52. The summed E-state index contributed by atoms with van der Waals surface area (Å²) in [4.78, 5) is 19.3. The number of nitrogens with zero attached hydrogens (tertiary/aromatic N) is 4. The summed E-state index contributed by atoms with van der Waals surface area (Å²) in [6.45, 7) is 1.42. The minimum Gasteiger partial charge on any atom is -0.493 e. The molecule has 4 aliphatic carbocycles. The van der Waals surface area contributed by atoms with E-state index < -0.39 is 15.6 Å². The predicted molar refractivity (Wildman–Crippen MR) is 141 cm³/mol. The van der Waals surface area contributed by atoms with E-state index in [-0.39, 0.29) is 22.9 Å². The summed E-state index contributed by atoms with van der Waals surface area (Å²) in [7, 11) is 0.119. The largest absolute Gasteiger partial charge is 0.493 e. The second-order valence-electron chi connectivity index (χ2n) is 12.2. The van der Waals surface area contributed by atoms with Crippen LogP contribution in [0.5, 0.6) is 5.75 Å². The molecular formula is C28H38N4O5S. The number of sulfonamides is 1. The Morgan fingerprint density at radius 3 is 2.37 bits per heavy atom. The fraction of sp³-hybridized carbons (Fsp3) is 0.643. The maximum absolute atomic E-state index is 13.3. The van der Waals surface area contributed by atoms with Crippen LogP contribution in [0.1, 0.15) is 55.3 Å². The van der Waals surface area contributed by atoms with Gasteiger partial charge >= 0.3 is 0 Å². The molecule has 1 amide bonds. The van der Waals surface area contributed by atoms with Crippen LogP contribution in [0.3, 0.4) is 0 Å². The molecule has 2 aromatic rings. The van der Waals surface area contributed by atoms with Gasteiger partial charge in [-0.05, 0) is 92.9 Å². The van der Waals surface area contributed by atoms with Gasteiger partial charge in [0.15, 0.2) is 5.03 Å². The fourth-order valence-electron chi connectivity index (χ4n) is 7.80. The van der Waals surface area contributed by atoms with Crippen molar-refractivity contribution in [3.8, 4) is 5.75 Å². The Balaban J connectivity index is 1.01. The van der Waals surface area contributed by atoms with Crippen molar-refractivity contribution < 1.29 is 23.1 Å². The number of aryl methyl sites for hydroxylation is 1. The first kappa shape index (κ1) is 25.8. The monoisotopic (exact) mass is 542 g/mol. The third kappa shape index (κ3) is 4.75. The van der Waals surface area contributed by atoms with Crippen LogP contribution in [0.4, 0.5) is 0 Å². The van der Waals surface area contributed by atoms with Crippen LogP contribution in [0.2, 0.25) is 0 Å². The number of rotatable bonds is 7. The molecule has 9 nitrogen and oxygen atoms in total. The number of carbonyl (C=O) groups excluding carboxylic acids is 1. The van der Waals surface area contributed by atoms with Crippen molar-refractivity contribution in [1.29, 1.82) is 0 Å². The number of carbonyl (C=O) groups is 1. The first-order valence-corrected chi connectivity index (χ1v) is 15.3. The Labute approximate surface area is 224 Å². The summed E-state index contributed by atoms with van der Waals surface area (Å²) >= 11 is 0. The Bertz CT molecular complexity index is 1270. The first-order valence-electron chi connectivity index (χ1n) is 13.8. The minimum atomic E-state index is -3.56. The van der Waals surface area contributed by atoms with Gasteiger partial charge in [0.1, 0.15) is 5.75 Å². The number of hydrogen-bond acceptors (Lipinski definition) is 6. The van der Waals surface area contributed by atoms with Gasteiger partial charge in [-0.1, -0.05) is 0 Å². The highest BCUT2D eigenvalue weighted by atomic mass is 32.2. The number of imidazole rings is 1. The van der Waals surface area contributed by atoms with E-state index in [2.05, 4.69) is 4.98 Å². The minimum absolute atomic E-state index is 0.0301. The number of aromatic nitrogens is 2. The lowest BCUT2D eigenvalue weighted by Crippen LogP contribution is -2.61. The summed E-state index contributed by atoms with van der Waals surface area (Å²) in [5.41, 5.74) is 0.153. The molecule has 38 heavy (non-hydrogen) atoms. The second kappa shape index (κ2) is 9.64. The van der Waals surface area contributed by atoms with Crippen molar-refractivity contribution in [2.45, 2.75) is 61.6 Å². The van der Waals surface area contributed by atoms with Crippen molar-refractivity contribution in [2.24, 2.45) is 30.7 Å². The number of aliphatic hydroxyl groups is 1. The summed E-state index contributed by atoms with van der Waals surface area (Å²) < 4.78 is 34.7.